The van der Waals surface area contributed by atoms with Crippen molar-refractivity contribution in [1.82, 2.24) is 9.97 Å². The summed E-state index contributed by atoms with van der Waals surface area (Å²) >= 11 is 0. The monoisotopic (exact) mass is 256 g/mol. The molecule has 0 aliphatic heterocycles. The average Bonchev–Trinajstić information content (AvgIpc) is 2.33. The molecule has 0 bridgehead atoms. The standard InChI is InChI=1S/C11H16N2O5/c1-8-7-9(10(14)15)13-11(12-8)18-6-5-17-4-3-16-2/h7H,3-6H2,1-2H3,(H,14,15). The van der Waals surface area contributed by atoms with Gasteiger partial charge in [-0.3, -0.25) is 0 Å². The van der Waals surface area contributed by atoms with E-state index >= 15 is 0 Å². The van der Waals surface area contributed by atoms with Gasteiger partial charge >= 0.3 is 12.0 Å². The topological polar surface area (TPSA) is 90.8 Å². The molecule has 100 valence electrons. The fourth-order valence-corrected chi connectivity index (χ4v) is 1.15. The molecule has 1 heterocycles. The van der Waals surface area contributed by atoms with Crippen LogP contribution in [0.3, 0.4) is 0 Å². The SMILES string of the molecule is COCCOCCOc1nc(C)cc(C(=O)O)n1. The van der Waals surface area contributed by atoms with Crippen LogP contribution in [0.5, 0.6) is 6.01 Å². The Morgan fingerprint density at radius 1 is 1.28 bits per heavy atom. The average molecular weight is 256 g/mol. The van der Waals surface area contributed by atoms with E-state index in [-0.39, 0.29) is 18.3 Å². The molecule has 1 rings (SSSR count). The molecule has 0 unspecified atom stereocenters. The molecule has 0 saturated carbocycles. The summed E-state index contributed by atoms with van der Waals surface area (Å²) in [5.41, 5.74) is 0.454. The van der Waals surface area contributed by atoms with Crippen molar-refractivity contribution in [3.63, 3.8) is 0 Å². The van der Waals surface area contributed by atoms with Gasteiger partial charge in [-0.25, -0.2) is 9.78 Å². The molecule has 0 aliphatic rings. The molecule has 0 aliphatic carbocycles. The number of rotatable bonds is 8. The maximum Gasteiger partial charge on any atom is 0.354 e. The van der Waals surface area contributed by atoms with Crippen LogP contribution >= 0.6 is 0 Å². The van der Waals surface area contributed by atoms with E-state index in [1.54, 1.807) is 14.0 Å². The van der Waals surface area contributed by atoms with Crippen molar-refractivity contribution in [3.05, 3.63) is 17.5 Å². The fraction of sp³-hybridized carbons (Fsp3) is 0.545. The summed E-state index contributed by atoms with van der Waals surface area (Å²) in [5.74, 6) is -1.11. The van der Waals surface area contributed by atoms with Crippen LogP contribution in [-0.2, 0) is 9.47 Å². The summed E-state index contributed by atoms with van der Waals surface area (Å²) in [5, 5.41) is 8.82. The summed E-state index contributed by atoms with van der Waals surface area (Å²) in [7, 11) is 1.59. The molecule has 0 amide bonds. The summed E-state index contributed by atoms with van der Waals surface area (Å²) in [6.07, 6.45) is 0. The van der Waals surface area contributed by atoms with Gasteiger partial charge in [-0.1, -0.05) is 0 Å². The molecule has 0 radical (unpaired) electrons. The lowest BCUT2D eigenvalue weighted by molar-refractivity contribution is 0.0525. The lowest BCUT2D eigenvalue weighted by atomic mass is 10.3. The van der Waals surface area contributed by atoms with Crippen LogP contribution in [0.15, 0.2) is 6.07 Å². The summed E-state index contributed by atoms with van der Waals surface area (Å²) < 4.78 is 15.2. The van der Waals surface area contributed by atoms with Gasteiger partial charge in [0.25, 0.3) is 0 Å². The number of hydrogen-bond donors (Lipinski definition) is 1. The van der Waals surface area contributed by atoms with Crippen molar-refractivity contribution in [1.29, 1.82) is 0 Å². The van der Waals surface area contributed by atoms with Crippen LogP contribution in [0, 0.1) is 6.92 Å². The molecule has 1 aromatic heterocycles. The zero-order valence-electron chi connectivity index (χ0n) is 10.4. The number of methoxy groups -OCH3 is 1. The van der Waals surface area contributed by atoms with Gasteiger partial charge in [0, 0.05) is 12.8 Å². The molecule has 1 aromatic rings. The highest BCUT2D eigenvalue weighted by Gasteiger charge is 2.09. The number of hydrogen-bond acceptors (Lipinski definition) is 6. The number of aromatic nitrogens is 2. The molecule has 7 heteroatoms. The molecule has 18 heavy (non-hydrogen) atoms. The number of carboxylic acid groups (broad SMARTS) is 1. The first-order valence-electron chi connectivity index (χ1n) is 5.42. The highest BCUT2D eigenvalue weighted by molar-refractivity contribution is 5.85. The van der Waals surface area contributed by atoms with Crippen LogP contribution in [-0.4, -0.2) is 54.6 Å². The van der Waals surface area contributed by atoms with Crippen molar-refractivity contribution in [2.75, 3.05) is 33.5 Å². The molecule has 1 N–H and O–H groups in total. The number of ether oxygens (including phenoxy) is 3. The number of aromatic carboxylic acids is 1. The number of carboxylic acids is 1. The quantitative estimate of drug-likeness (QED) is 0.678. The first-order valence-corrected chi connectivity index (χ1v) is 5.42. The van der Waals surface area contributed by atoms with Crippen molar-refractivity contribution < 1.29 is 24.1 Å². The summed E-state index contributed by atoms with van der Waals surface area (Å²) in [4.78, 5) is 18.5. The van der Waals surface area contributed by atoms with Crippen LogP contribution in [0.1, 0.15) is 16.2 Å². The van der Waals surface area contributed by atoms with Gasteiger partial charge in [0.15, 0.2) is 5.69 Å². The number of carbonyl (C=O) groups is 1. The molecule has 7 nitrogen and oxygen atoms in total. The van der Waals surface area contributed by atoms with E-state index in [1.165, 1.54) is 6.07 Å². The molecule has 0 atom stereocenters. The van der Waals surface area contributed by atoms with Gasteiger partial charge < -0.3 is 19.3 Å². The minimum absolute atomic E-state index is 0.0442. The Morgan fingerprint density at radius 3 is 2.67 bits per heavy atom. The van der Waals surface area contributed by atoms with E-state index in [0.29, 0.717) is 25.5 Å². The van der Waals surface area contributed by atoms with Gasteiger partial charge in [-0.2, -0.15) is 4.98 Å². The van der Waals surface area contributed by atoms with Gasteiger partial charge in [-0.05, 0) is 13.0 Å². The second-order valence-electron chi connectivity index (χ2n) is 3.44. The third-order valence-corrected chi connectivity index (χ3v) is 1.94. The predicted molar refractivity (Wildman–Crippen MR) is 61.9 cm³/mol. The lowest BCUT2D eigenvalue weighted by Gasteiger charge is -2.06. The third-order valence-electron chi connectivity index (χ3n) is 1.94. The Kier molecular flexibility index (Phi) is 6.03. The third kappa shape index (κ3) is 5.07. The maximum absolute atomic E-state index is 10.8. The van der Waals surface area contributed by atoms with Gasteiger partial charge in [0.05, 0.1) is 19.8 Å². The molecular weight excluding hydrogens is 240 g/mol. The largest absolute Gasteiger partial charge is 0.477 e. The zero-order chi connectivity index (χ0) is 13.4. The fourth-order valence-electron chi connectivity index (χ4n) is 1.15. The Labute approximate surface area is 105 Å². The second-order valence-corrected chi connectivity index (χ2v) is 3.44. The Hall–Kier alpha value is -1.73. The summed E-state index contributed by atoms with van der Waals surface area (Å²) in [6.45, 7) is 3.30. The van der Waals surface area contributed by atoms with Crippen molar-refractivity contribution >= 4 is 5.97 Å². The first kappa shape index (κ1) is 14.3. The Bertz CT molecular complexity index is 397. The zero-order valence-corrected chi connectivity index (χ0v) is 10.4. The van der Waals surface area contributed by atoms with Crippen LogP contribution in [0.25, 0.3) is 0 Å². The van der Waals surface area contributed by atoms with E-state index in [0.717, 1.165) is 0 Å². The van der Waals surface area contributed by atoms with Crippen molar-refractivity contribution in [3.8, 4) is 6.01 Å². The van der Waals surface area contributed by atoms with Crippen molar-refractivity contribution in [2.24, 2.45) is 0 Å². The van der Waals surface area contributed by atoms with Crippen LogP contribution in [0.2, 0.25) is 0 Å². The summed E-state index contributed by atoms with van der Waals surface area (Å²) in [6, 6.07) is 1.42. The van der Waals surface area contributed by atoms with Crippen molar-refractivity contribution in [2.45, 2.75) is 6.92 Å². The highest BCUT2D eigenvalue weighted by atomic mass is 16.5. The smallest absolute Gasteiger partial charge is 0.354 e. The van der Waals surface area contributed by atoms with E-state index in [4.69, 9.17) is 19.3 Å². The normalized spacial score (nSPS) is 10.3. The lowest BCUT2D eigenvalue weighted by Crippen LogP contribution is -2.12. The van der Waals surface area contributed by atoms with Gasteiger partial charge in [0.1, 0.15) is 6.61 Å². The van der Waals surface area contributed by atoms with E-state index in [2.05, 4.69) is 9.97 Å². The molecular formula is C11H16N2O5. The van der Waals surface area contributed by atoms with Crippen LogP contribution in [0.4, 0.5) is 0 Å². The minimum atomic E-state index is -1.11. The Balaban J connectivity index is 2.40. The van der Waals surface area contributed by atoms with E-state index in [1.807, 2.05) is 0 Å². The van der Waals surface area contributed by atoms with Gasteiger partial charge in [-0.15, -0.1) is 0 Å². The maximum atomic E-state index is 10.8. The Morgan fingerprint density at radius 2 is 2.00 bits per heavy atom. The number of nitrogens with zero attached hydrogens (tertiary/aromatic N) is 2. The molecule has 0 aromatic carbocycles. The second kappa shape index (κ2) is 7.57. The van der Waals surface area contributed by atoms with Crippen LogP contribution < -0.4 is 4.74 Å². The molecule has 0 saturated heterocycles. The minimum Gasteiger partial charge on any atom is -0.477 e. The number of aryl methyl sites for hydroxylation is 1. The van der Waals surface area contributed by atoms with E-state index in [9.17, 15) is 4.79 Å². The van der Waals surface area contributed by atoms with E-state index < -0.39 is 5.97 Å². The van der Waals surface area contributed by atoms with Gasteiger partial charge in [0.2, 0.25) is 0 Å². The highest BCUT2D eigenvalue weighted by Crippen LogP contribution is 2.06. The molecule has 0 fully saturated rings. The predicted octanol–water partition coefficient (Wildman–Crippen LogP) is 0.525. The molecule has 0 spiro atoms. The first-order chi connectivity index (χ1) is 8.63.